The zero-order valence-corrected chi connectivity index (χ0v) is 22.5. The molecule has 0 atom stereocenters. The summed E-state index contributed by atoms with van der Waals surface area (Å²) in [6, 6.07) is 11.0. The molecule has 4 rings (SSSR count). The number of rotatable bonds is 12. The molecule has 0 spiro atoms. The van der Waals surface area contributed by atoms with Crippen molar-refractivity contribution >= 4 is 23.4 Å². The third-order valence-electron chi connectivity index (χ3n) is 5.58. The van der Waals surface area contributed by atoms with Gasteiger partial charge in [-0.05, 0) is 28.1 Å². The Balaban J connectivity index is 1.58. The van der Waals surface area contributed by atoms with E-state index in [1.54, 1.807) is 42.1 Å². The number of hydrogen-bond acceptors (Lipinski definition) is 11. The highest BCUT2D eigenvalue weighted by atomic mass is 32.2. The average molecular weight is 541 g/mol. The number of benzene rings is 2. The van der Waals surface area contributed by atoms with Crippen LogP contribution in [0.3, 0.4) is 0 Å². The standard InChI is InChI=1S/C24H28N8O5S/c1-30-24(26-27-29-30)38-15-17-13-31(28-25-17)14-22(33)32(12-16-6-8-19(34-2)9-7-16)18-10-20(35-3)23(37-5)21(11-18)36-4/h6-11,13H,12,14-15H2,1-5H3. The number of aryl methyl sites for hydroxylation is 1. The van der Waals surface area contributed by atoms with Gasteiger partial charge in [-0.1, -0.05) is 29.1 Å². The quantitative estimate of drug-likeness (QED) is 0.245. The minimum absolute atomic E-state index is 0.0317. The number of anilines is 1. The highest BCUT2D eigenvalue weighted by Crippen LogP contribution is 2.41. The van der Waals surface area contributed by atoms with Crippen molar-refractivity contribution in [2.24, 2.45) is 7.05 Å². The Hall–Kier alpha value is -4.33. The first-order valence-electron chi connectivity index (χ1n) is 11.4. The van der Waals surface area contributed by atoms with Gasteiger partial charge in [0.25, 0.3) is 0 Å². The summed E-state index contributed by atoms with van der Waals surface area (Å²) in [4.78, 5) is 15.3. The van der Waals surface area contributed by atoms with Crippen molar-refractivity contribution in [3.63, 3.8) is 0 Å². The summed E-state index contributed by atoms with van der Waals surface area (Å²) in [5.41, 5.74) is 2.17. The zero-order valence-electron chi connectivity index (χ0n) is 21.7. The van der Waals surface area contributed by atoms with Crippen molar-refractivity contribution in [1.29, 1.82) is 0 Å². The average Bonchev–Trinajstić information content (AvgIpc) is 3.57. The number of aromatic nitrogens is 7. The number of amides is 1. The molecule has 0 fully saturated rings. The third kappa shape index (κ3) is 6.14. The maximum atomic E-state index is 13.7. The monoisotopic (exact) mass is 540 g/mol. The van der Waals surface area contributed by atoms with Gasteiger partial charge in [-0.2, -0.15) is 0 Å². The molecule has 2 aromatic carbocycles. The van der Waals surface area contributed by atoms with Crippen molar-refractivity contribution in [3.05, 3.63) is 53.9 Å². The van der Waals surface area contributed by atoms with Gasteiger partial charge in [-0.3, -0.25) is 4.79 Å². The van der Waals surface area contributed by atoms with Crippen LogP contribution in [0.25, 0.3) is 0 Å². The van der Waals surface area contributed by atoms with Crippen molar-refractivity contribution in [2.45, 2.75) is 24.0 Å². The maximum Gasteiger partial charge on any atom is 0.249 e. The summed E-state index contributed by atoms with van der Waals surface area (Å²) in [5.74, 6) is 2.33. The molecule has 0 N–H and O–H groups in total. The van der Waals surface area contributed by atoms with Crippen LogP contribution in [0.1, 0.15) is 11.3 Å². The molecule has 1 amide bonds. The van der Waals surface area contributed by atoms with E-state index in [9.17, 15) is 4.79 Å². The lowest BCUT2D eigenvalue weighted by Crippen LogP contribution is -2.33. The Labute approximate surface area is 223 Å². The summed E-state index contributed by atoms with van der Waals surface area (Å²) < 4.78 is 24.8. The Morgan fingerprint density at radius 2 is 1.66 bits per heavy atom. The predicted molar refractivity (Wildman–Crippen MR) is 139 cm³/mol. The molecule has 0 bridgehead atoms. The minimum Gasteiger partial charge on any atom is -0.497 e. The Kier molecular flexibility index (Phi) is 8.63. The van der Waals surface area contributed by atoms with E-state index in [1.807, 2.05) is 24.3 Å². The first kappa shape index (κ1) is 26.7. The van der Waals surface area contributed by atoms with Crippen molar-refractivity contribution in [1.82, 2.24) is 35.2 Å². The van der Waals surface area contributed by atoms with Crippen molar-refractivity contribution in [2.75, 3.05) is 33.3 Å². The van der Waals surface area contributed by atoms with Gasteiger partial charge in [0.05, 0.1) is 46.4 Å². The fourth-order valence-corrected chi connectivity index (χ4v) is 4.37. The van der Waals surface area contributed by atoms with Gasteiger partial charge in [0.2, 0.25) is 16.8 Å². The van der Waals surface area contributed by atoms with E-state index in [2.05, 4.69) is 25.8 Å². The molecule has 0 aliphatic carbocycles. The topological polar surface area (TPSA) is 132 Å². The molecule has 0 unspecified atom stereocenters. The maximum absolute atomic E-state index is 13.7. The molecule has 0 saturated carbocycles. The molecule has 0 saturated heterocycles. The molecule has 200 valence electrons. The van der Waals surface area contributed by atoms with Gasteiger partial charge in [0.1, 0.15) is 12.3 Å². The molecule has 0 radical (unpaired) electrons. The molecule has 14 heteroatoms. The SMILES string of the molecule is COc1ccc(CN(C(=O)Cn2cc(CSc3nnnn3C)nn2)c2cc(OC)c(OC)c(OC)c2)cc1. The second kappa shape index (κ2) is 12.3. The lowest BCUT2D eigenvalue weighted by Gasteiger charge is -2.25. The van der Waals surface area contributed by atoms with Gasteiger partial charge < -0.3 is 23.8 Å². The molecule has 38 heavy (non-hydrogen) atoms. The van der Waals surface area contributed by atoms with Crippen LogP contribution < -0.4 is 23.8 Å². The van der Waals surface area contributed by atoms with E-state index >= 15 is 0 Å². The summed E-state index contributed by atoms with van der Waals surface area (Å²) in [7, 11) is 7.96. The normalized spacial score (nSPS) is 10.8. The van der Waals surface area contributed by atoms with Gasteiger partial charge in [0.15, 0.2) is 11.5 Å². The second-order valence-corrected chi connectivity index (χ2v) is 8.94. The predicted octanol–water partition coefficient (Wildman–Crippen LogP) is 2.36. The van der Waals surface area contributed by atoms with Crippen LogP contribution in [0.5, 0.6) is 23.0 Å². The molecule has 13 nitrogen and oxygen atoms in total. The summed E-state index contributed by atoms with van der Waals surface area (Å²) >= 11 is 1.42. The van der Waals surface area contributed by atoms with E-state index < -0.39 is 0 Å². The fourth-order valence-electron chi connectivity index (χ4n) is 3.65. The number of ether oxygens (including phenoxy) is 4. The molecular weight excluding hydrogens is 512 g/mol. The molecule has 4 aromatic rings. The van der Waals surface area contributed by atoms with Gasteiger partial charge in [-0.25, -0.2) is 9.36 Å². The Morgan fingerprint density at radius 1 is 0.947 bits per heavy atom. The van der Waals surface area contributed by atoms with Crippen LogP contribution >= 0.6 is 11.8 Å². The molecule has 2 heterocycles. The van der Waals surface area contributed by atoms with Crippen molar-refractivity contribution in [3.8, 4) is 23.0 Å². The van der Waals surface area contributed by atoms with Crippen molar-refractivity contribution < 1.29 is 23.7 Å². The minimum atomic E-state index is -0.211. The van der Waals surface area contributed by atoms with E-state index in [-0.39, 0.29) is 19.0 Å². The molecular formula is C24H28N8O5S. The van der Waals surface area contributed by atoms with Crippen LogP contribution in [0, 0.1) is 0 Å². The number of tetrazole rings is 1. The van der Waals surface area contributed by atoms with Gasteiger partial charge >= 0.3 is 0 Å². The first-order chi connectivity index (χ1) is 18.4. The lowest BCUT2D eigenvalue weighted by atomic mass is 10.1. The Morgan fingerprint density at radius 3 is 2.24 bits per heavy atom. The number of thioether (sulfide) groups is 1. The molecule has 0 aliphatic heterocycles. The fraction of sp³-hybridized carbons (Fsp3) is 0.333. The summed E-state index contributed by atoms with van der Waals surface area (Å²) in [5, 5.41) is 20.4. The number of carbonyl (C=O) groups is 1. The smallest absolute Gasteiger partial charge is 0.249 e. The van der Waals surface area contributed by atoms with Crippen LogP contribution in [0.4, 0.5) is 5.69 Å². The van der Waals surface area contributed by atoms with E-state index in [1.165, 1.54) is 37.8 Å². The van der Waals surface area contributed by atoms with Gasteiger partial charge in [-0.15, -0.1) is 10.2 Å². The highest BCUT2D eigenvalue weighted by molar-refractivity contribution is 7.98. The number of hydrogen-bond donors (Lipinski definition) is 0. The largest absolute Gasteiger partial charge is 0.497 e. The van der Waals surface area contributed by atoms with Gasteiger partial charge in [0, 0.05) is 31.1 Å². The summed E-state index contributed by atoms with van der Waals surface area (Å²) in [6.45, 7) is 0.258. The lowest BCUT2D eigenvalue weighted by molar-refractivity contribution is -0.119. The van der Waals surface area contributed by atoms with Crippen LogP contribution in [0.2, 0.25) is 0 Å². The Bertz CT molecular complexity index is 1350. The van der Waals surface area contributed by atoms with Crippen LogP contribution in [0.15, 0.2) is 47.8 Å². The van der Waals surface area contributed by atoms with Crippen LogP contribution in [-0.2, 0) is 30.7 Å². The molecule has 2 aromatic heterocycles. The number of methoxy groups -OCH3 is 4. The van der Waals surface area contributed by atoms with E-state index in [0.717, 1.165) is 11.3 Å². The number of nitrogens with zero attached hydrogens (tertiary/aromatic N) is 8. The number of carbonyl (C=O) groups excluding carboxylic acids is 1. The van der Waals surface area contributed by atoms with E-state index in [0.29, 0.717) is 39.5 Å². The summed E-state index contributed by atoms with van der Waals surface area (Å²) in [6.07, 6.45) is 1.73. The third-order valence-corrected chi connectivity index (χ3v) is 6.62. The first-order valence-corrected chi connectivity index (χ1v) is 12.4. The zero-order chi connectivity index (χ0) is 27.1. The highest BCUT2D eigenvalue weighted by Gasteiger charge is 2.22. The van der Waals surface area contributed by atoms with E-state index in [4.69, 9.17) is 18.9 Å². The molecule has 0 aliphatic rings. The van der Waals surface area contributed by atoms with Crippen LogP contribution in [-0.4, -0.2) is 69.5 Å². The second-order valence-electron chi connectivity index (χ2n) is 7.99.